The van der Waals surface area contributed by atoms with E-state index < -0.39 is 0 Å². The molecule has 0 aliphatic carbocycles. The fraction of sp³-hybridized carbons (Fsp3) is 0.235. The number of H-pyrrole nitrogens is 1. The van der Waals surface area contributed by atoms with Gasteiger partial charge in [-0.3, -0.25) is 19.6 Å². The highest BCUT2D eigenvalue weighted by Gasteiger charge is 2.08. The summed E-state index contributed by atoms with van der Waals surface area (Å²) in [5.41, 5.74) is 3.02. The third-order valence-corrected chi connectivity index (χ3v) is 3.56. The Labute approximate surface area is 138 Å². The zero-order chi connectivity index (χ0) is 16.9. The number of fused-ring (bicyclic) bond motifs is 1. The molecule has 0 aliphatic heterocycles. The number of hydrogen-bond donors (Lipinski definition) is 2. The lowest BCUT2D eigenvalue weighted by atomic mass is 10.2. The van der Waals surface area contributed by atoms with Crippen LogP contribution in [0.5, 0.6) is 0 Å². The van der Waals surface area contributed by atoms with Crippen molar-refractivity contribution in [2.75, 3.05) is 0 Å². The lowest BCUT2D eigenvalue weighted by Crippen LogP contribution is -2.25. The van der Waals surface area contributed by atoms with Crippen molar-refractivity contribution < 1.29 is 4.79 Å². The van der Waals surface area contributed by atoms with E-state index in [9.17, 15) is 9.59 Å². The van der Waals surface area contributed by atoms with Crippen LogP contribution in [0.4, 0.5) is 0 Å². The molecule has 1 amide bonds. The van der Waals surface area contributed by atoms with Gasteiger partial charge in [0.25, 0.3) is 5.56 Å². The van der Waals surface area contributed by atoms with Crippen molar-refractivity contribution in [3.05, 3.63) is 64.1 Å². The maximum Gasteiger partial charge on any atom is 0.270 e. The van der Waals surface area contributed by atoms with Gasteiger partial charge in [-0.15, -0.1) is 0 Å². The number of hydrogen-bond acceptors (Lipinski definition) is 5. The van der Waals surface area contributed by atoms with Crippen LogP contribution in [0.1, 0.15) is 23.5 Å². The molecular weight excluding hydrogens is 306 g/mol. The highest BCUT2D eigenvalue weighted by atomic mass is 16.1. The molecule has 3 aromatic rings. The zero-order valence-corrected chi connectivity index (χ0v) is 13.2. The fourth-order valence-corrected chi connectivity index (χ4v) is 2.26. The minimum Gasteiger partial charge on any atom is -0.350 e. The van der Waals surface area contributed by atoms with Gasteiger partial charge in [0.1, 0.15) is 5.69 Å². The van der Waals surface area contributed by atoms with E-state index in [0.717, 1.165) is 5.69 Å². The van der Waals surface area contributed by atoms with Crippen LogP contribution in [0.2, 0.25) is 0 Å². The van der Waals surface area contributed by atoms with E-state index in [1.54, 1.807) is 18.5 Å². The maximum atomic E-state index is 12.0. The highest BCUT2D eigenvalue weighted by Crippen LogP contribution is 2.06. The summed E-state index contributed by atoms with van der Waals surface area (Å²) in [5.74, 6) is -0.160. The third kappa shape index (κ3) is 3.81. The Hall–Kier alpha value is -3.09. The fourth-order valence-electron chi connectivity index (χ4n) is 2.26. The number of aromatic nitrogens is 4. The Morgan fingerprint density at radius 1 is 1.21 bits per heavy atom. The summed E-state index contributed by atoms with van der Waals surface area (Å²) in [5, 5.41) is 2.76. The Morgan fingerprint density at radius 3 is 2.83 bits per heavy atom. The molecule has 122 valence electrons. The Morgan fingerprint density at radius 2 is 2.04 bits per heavy atom. The minimum absolute atomic E-state index is 0.160. The number of para-hydroxylation sites is 2. The lowest BCUT2D eigenvalue weighted by Gasteiger charge is -2.05. The van der Waals surface area contributed by atoms with E-state index in [4.69, 9.17) is 0 Å². The van der Waals surface area contributed by atoms with Crippen LogP contribution in [0.25, 0.3) is 11.0 Å². The summed E-state index contributed by atoms with van der Waals surface area (Å²) in [6, 6.07) is 7.31. The first kappa shape index (κ1) is 15.8. The smallest absolute Gasteiger partial charge is 0.270 e. The number of nitrogens with one attached hydrogen (secondary N) is 2. The first-order valence-corrected chi connectivity index (χ1v) is 7.64. The van der Waals surface area contributed by atoms with Gasteiger partial charge in [0.15, 0.2) is 0 Å². The number of aromatic amines is 1. The molecule has 3 rings (SSSR count). The molecule has 7 nitrogen and oxygen atoms in total. The number of amides is 1. The number of carbonyl (C=O) groups excluding carboxylic acids is 1. The first-order chi connectivity index (χ1) is 11.6. The van der Waals surface area contributed by atoms with Crippen LogP contribution in [0.15, 0.2) is 41.5 Å². The van der Waals surface area contributed by atoms with E-state index in [1.165, 1.54) is 0 Å². The van der Waals surface area contributed by atoms with Crippen molar-refractivity contribution in [2.24, 2.45) is 0 Å². The average Bonchev–Trinajstić information content (AvgIpc) is 2.59. The molecule has 0 unspecified atom stereocenters. The number of carbonyl (C=O) groups is 1. The van der Waals surface area contributed by atoms with Gasteiger partial charge in [-0.05, 0) is 19.1 Å². The van der Waals surface area contributed by atoms with Crippen LogP contribution >= 0.6 is 0 Å². The summed E-state index contributed by atoms with van der Waals surface area (Å²) in [6.07, 6.45) is 3.75. The Bertz CT molecular complexity index is 918. The second kappa shape index (κ2) is 6.99. The van der Waals surface area contributed by atoms with Gasteiger partial charge in [0, 0.05) is 19.0 Å². The number of rotatable bonds is 5. The van der Waals surface area contributed by atoms with Crippen LogP contribution < -0.4 is 10.9 Å². The largest absolute Gasteiger partial charge is 0.350 e. The van der Waals surface area contributed by atoms with E-state index in [2.05, 4.69) is 25.3 Å². The molecule has 0 aliphatic rings. The Balaban J connectivity index is 1.59. The monoisotopic (exact) mass is 323 g/mol. The van der Waals surface area contributed by atoms with Crippen molar-refractivity contribution >= 4 is 16.9 Å². The Kier molecular flexibility index (Phi) is 4.60. The quantitative estimate of drug-likeness (QED) is 0.736. The van der Waals surface area contributed by atoms with E-state index in [-0.39, 0.29) is 24.3 Å². The second-order valence-electron chi connectivity index (χ2n) is 5.46. The van der Waals surface area contributed by atoms with Crippen LogP contribution in [-0.2, 0) is 17.8 Å². The number of nitrogens with zero attached hydrogens (tertiary/aromatic N) is 3. The molecule has 0 bridgehead atoms. The summed E-state index contributed by atoms with van der Waals surface area (Å²) >= 11 is 0. The third-order valence-electron chi connectivity index (χ3n) is 3.56. The molecule has 0 radical (unpaired) electrons. The molecule has 0 saturated heterocycles. The van der Waals surface area contributed by atoms with Crippen LogP contribution in [-0.4, -0.2) is 25.8 Å². The van der Waals surface area contributed by atoms with Gasteiger partial charge in [-0.1, -0.05) is 12.1 Å². The summed E-state index contributed by atoms with van der Waals surface area (Å²) in [6.45, 7) is 2.16. The van der Waals surface area contributed by atoms with Crippen molar-refractivity contribution in [3.8, 4) is 0 Å². The predicted octanol–water partition coefficient (Wildman–Crippen LogP) is 1.27. The molecule has 2 aromatic heterocycles. The van der Waals surface area contributed by atoms with Gasteiger partial charge in [-0.2, -0.15) is 0 Å². The summed E-state index contributed by atoms with van der Waals surface area (Å²) in [4.78, 5) is 39.3. The average molecular weight is 323 g/mol. The van der Waals surface area contributed by atoms with Gasteiger partial charge < -0.3 is 10.3 Å². The normalized spacial score (nSPS) is 10.7. The van der Waals surface area contributed by atoms with E-state index >= 15 is 0 Å². The molecular formula is C17H17N5O2. The molecule has 1 aromatic carbocycles. The standard InChI is InChI=1S/C17H17N5O2/c1-11-8-19-12(9-18-11)10-20-16(23)7-6-15-17(24)22-14-5-3-2-4-13(14)21-15/h2-5,8-9H,6-7,10H2,1H3,(H,20,23)(H,22,24). The van der Waals surface area contributed by atoms with Gasteiger partial charge in [0.2, 0.25) is 5.91 Å². The molecule has 0 spiro atoms. The molecule has 0 atom stereocenters. The topological polar surface area (TPSA) is 101 Å². The van der Waals surface area contributed by atoms with Crippen molar-refractivity contribution in [1.29, 1.82) is 0 Å². The van der Waals surface area contributed by atoms with Crippen LogP contribution in [0.3, 0.4) is 0 Å². The maximum absolute atomic E-state index is 12.0. The van der Waals surface area contributed by atoms with Crippen molar-refractivity contribution in [2.45, 2.75) is 26.3 Å². The second-order valence-corrected chi connectivity index (χ2v) is 5.46. The highest BCUT2D eigenvalue weighted by molar-refractivity contribution is 5.76. The van der Waals surface area contributed by atoms with Crippen molar-refractivity contribution in [3.63, 3.8) is 0 Å². The molecule has 2 N–H and O–H groups in total. The van der Waals surface area contributed by atoms with E-state index in [1.807, 2.05) is 25.1 Å². The number of benzene rings is 1. The molecule has 24 heavy (non-hydrogen) atoms. The van der Waals surface area contributed by atoms with E-state index in [0.29, 0.717) is 29.0 Å². The van der Waals surface area contributed by atoms with Gasteiger partial charge in [-0.25, -0.2) is 4.98 Å². The SMILES string of the molecule is Cc1cnc(CNC(=O)CCc2nc3ccccc3[nH]c2=O)cn1. The lowest BCUT2D eigenvalue weighted by molar-refractivity contribution is -0.121. The predicted molar refractivity (Wildman–Crippen MR) is 89.3 cm³/mol. The molecule has 2 heterocycles. The summed E-state index contributed by atoms with van der Waals surface area (Å²) < 4.78 is 0. The molecule has 0 fully saturated rings. The van der Waals surface area contributed by atoms with Gasteiger partial charge >= 0.3 is 0 Å². The van der Waals surface area contributed by atoms with Gasteiger partial charge in [0.05, 0.1) is 35.2 Å². The zero-order valence-electron chi connectivity index (χ0n) is 13.2. The molecule has 7 heteroatoms. The first-order valence-electron chi connectivity index (χ1n) is 7.64. The van der Waals surface area contributed by atoms with Crippen LogP contribution in [0, 0.1) is 6.92 Å². The minimum atomic E-state index is -0.258. The molecule has 0 saturated carbocycles. The number of aryl methyl sites for hydroxylation is 2. The van der Waals surface area contributed by atoms with Crippen molar-refractivity contribution in [1.82, 2.24) is 25.3 Å². The summed E-state index contributed by atoms with van der Waals surface area (Å²) in [7, 11) is 0.